The molecule has 3 rings (SSSR count). The molecule has 0 fully saturated rings. The van der Waals surface area contributed by atoms with Crippen molar-refractivity contribution in [2.45, 2.75) is 11.7 Å². The SMILES string of the molecule is Nn1c(SCC(=O)NCc2ccc(F)cc2)nnc1-c1cccc(F)c1. The van der Waals surface area contributed by atoms with E-state index in [1.165, 1.54) is 28.9 Å². The van der Waals surface area contributed by atoms with Gasteiger partial charge < -0.3 is 11.2 Å². The molecule has 0 radical (unpaired) electrons. The molecule has 3 aromatic rings. The number of aromatic nitrogens is 3. The van der Waals surface area contributed by atoms with Gasteiger partial charge in [0.2, 0.25) is 11.1 Å². The first-order valence-electron chi connectivity index (χ1n) is 7.63. The monoisotopic (exact) mass is 375 g/mol. The second-order valence-corrected chi connectivity index (χ2v) is 6.32. The van der Waals surface area contributed by atoms with Crippen LogP contribution >= 0.6 is 11.8 Å². The second kappa shape index (κ2) is 7.96. The average Bonchev–Trinajstić information content (AvgIpc) is 3.00. The Bertz CT molecular complexity index is 914. The third kappa shape index (κ3) is 4.37. The molecular weight excluding hydrogens is 360 g/mol. The molecule has 0 saturated heterocycles. The number of nitrogens with one attached hydrogen (secondary N) is 1. The van der Waals surface area contributed by atoms with Crippen LogP contribution in [-0.4, -0.2) is 26.5 Å². The minimum absolute atomic E-state index is 0.0830. The quantitative estimate of drug-likeness (QED) is 0.510. The Morgan fingerprint density at radius 1 is 1.12 bits per heavy atom. The second-order valence-electron chi connectivity index (χ2n) is 5.38. The van der Waals surface area contributed by atoms with E-state index in [9.17, 15) is 13.6 Å². The van der Waals surface area contributed by atoms with Crippen molar-refractivity contribution >= 4 is 17.7 Å². The van der Waals surface area contributed by atoms with Crippen molar-refractivity contribution in [1.82, 2.24) is 20.2 Å². The summed E-state index contributed by atoms with van der Waals surface area (Å²) in [4.78, 5) is 11.9. The summed E-state index contributed by atoms with van der Waals surface area (Å²) in [6.07, 6.45) is 0. The van der Waals surface area contributed by atoms with Gasteiger partial charge in [-0.2, -0.15) is 0 Å². The highest BCUT2D eigenvalue weighted by molar-refractivity contribution is 7.99. The molecule has 0 spiro atoms. The van der Waals surface area contributed by atoms with Gasteiger partial charge in [-0.05, 0) is 29.8 Å². The van der Waals surface area contributed by atoms with Gasteiger partial charge in [0.25, 0.3) is 0 Å². The Morgan fingerprint density at radius 3 is 2.62 bits per heavy atom. The van der Waals surface area contributed by atoms with E-state index in [-0.39, 0.29) is 17.5 Å². The predicted molar refractivity (Wildman–Crippen MR) is 94.5 cm³/mol. The molecule has 2 aromatic carbocycles. The molecule has 1 aromatic heterocycles. The topological polar surface area (TPSA) is 85.8 Å². The van der Waals surface area contributed by atoms with Gasteiger partial charge in [-0.3, -0.25) is 4.79 Å². The molecule has 3 N–H and O–H groups in total. The number of amides is 1. The molecular formula is C17H15F2N5OS. The fourth-order valence-corrected chi connectivity index (χ4v) is 2.87. The number of nitrogens with two attached hydrogens (primary N) is 1. The standard InChI is InChI=1S/C17H15F2N5OS/c18-13-6-4-11(5-7-13)9-21-15(25)10-26-17-23-22-16(24(17)20)12-2-1-3-14(19)8-12/h1-8H,9-10,20H2,(H,21,25). The van der Waals surface area contributed by atoms with Crippen LogP contribution in [0.5, 0.6) is 0 Å². The number of carbonyl (C=O) groups excluding carboxylic acids is 1. The van der Waals surface area contributed by atoms with Gasteiger partial charge in [0.05, 0.1) is 5.75 Å². The lowest BCUT2D eigenvalue weighted by molar-refractivity contribution is -0.118. The van der Waals surface area contributed by atoms with Crippen LogP contribution in [0, 0.1) is 11.6 Å². The zero-order valence-corrected chi connectivity index (χ0v) is 14.3. The van der Waals surface area contributed by atoms with E-state index >= 15 is 0 Å². The third-order valence-corrected chi connectivity index (χ3v) is 4.43. The lowest BCUT2D eigenvalue weighted by Crippen LogP contribution is -2.25. The van der Waals surface area contributed by atoms with E-state index in [4.69, 9.17) is 5.84 Å². The third-order valence-electron chi connectivity index (χ3n) is 3.48. The number of rotatable bonds is 6. The lowest BCUT2D eigenvalue weighted by atomic mass is 10.2. The van der Waals surface area contributed by atoms with Crippen LogP contribution in [0.1, 0.15) is 5.56 Å². The first kappa shape index (κ1) is 17.9. The van der Waals surface area contributed by atoms with Crippen molar-refractivity contribution in [3.05, 3.63) is 65.7 Å². The summed E-state index contributed by atoms with van der Waals surface area (Å²) in [6, 6.07) is 11.7. The molecule has 1 heterocycles. The van der Waals surface area contributed by atoms with Crippen molar-refractivity contribution in [2.75, 3.05) is 11.6 Å². The minimum Gasteiger partial charge on any atom is -0.351 e. The summed E-state index contributed by atoms with van der Waals surface area (Å²) >= 11 is 1.11. The molecule has 0 saturated carbocycles. The van der Waals surface area contributed by atoms with Gasteiger partial charge in [-0.1, -0.05) is 36.0 Å². The van der Waals surface area contributed by atoms with Gasteiger partial charge in [-0.25, -0.2) is 13.5 Å². The number of carbonyl (C=O) groups is 1. The Balaban J connectivity index is 1.56. The minimum atomic E-state index is -0.403. The summed E-state index contributed by atoms with van der Waals surface area (Å²) in [6.45, 7) is 0.295. The van der Waals surface area contributed by atoms with Gasteiger partial charge in [-0.15, -0.1) is 10.2 Å². The van der Waals surface area contributed by atoms with Crippen molar-refractivity contribution < 1.29 is 13.6 Å². The Morgan fingerprint density at radius 2 is 1.88 bits per heavy atom. The largest absolute Gasteiger partial charge is 0.351 e. The summed E-state index contributed by atoms with van der Waals surface area (Å²) in [7, 11) is 0. The molecule has 0 unspecified atom stereocenters. The highest BCUT2D eigenvalue weighted by atomic mass is 32.2. The summed E-state index contributed by atoms with van der Waals surface area (Å²) in [5, 5.41) is 10.9. The molecule has 6 nitrogen and oxygen atoms in total. The predicted octanol–water partition coefficient (Wildman–Crippen LogP) is 2.35. The van der Waals surface area contributed by atoms with E-state index in [1.807, 2.05) is 0 Å². The van der Waals surface area contributed by atoms with Gasteiger partial charge in [0, 0.05) is 12.1 Å². The fraction of sp³-hybridized carbons (Fsp3) is 0.118. The van der Waals surface area contributed by atoms with Crippen molar-refractivity contribution in [1.29, 1.82) is 0 Å². The summed E-state index contributed by atoms with van der Waals surface area (Å²) in [5.74, 6) is 5.36. The summed E-state index contributed by atoms with van der Waals surface area (Å²) < 4.78 is 27.4. The molecule has 1 amide bonds. The van der Waals surface area contributed by atoms with E-state index in [1.54, 1.807) is 24.3 Å². The smallest absolute Gasteiger partial charge is 0.230 e. The van der Waals surface area contributed by atoms with Crippen molar-refractivity contribution in [3.63, 3.8) is 0 Å². The number of nitrogen functional groups attached to an aromatic ring is 1. The number of hydrogen-bond donors (Lipinski definition) is 2. The molecule has 0 aliphatic heterocycles. The van der Waals surface area contributed by atoms with E-state index in [0.717, 1.165) is 17.3 Å². The lowest BCUT2D eigenvalue weighted by Gasteiger charge is -2.06. The highest BCUT2D eigenvalue weighted by Crippen LogP contribution is 2.21. The number of hydrogen-bond acceptors (Lipinski definition) is 5. The van der Waals surface area contributed by atoms with E-state index < -0.39 is 5.82 Å². The van der Waals surface area contributed by atoms with Crippen LogP contribution in [0.25, 0.3) is 11.4 Å². The van der Waals surface area contributed by atoms with Crippen LogP contribution in [-0.2, 0) is 11.3 Å². The van der Waals surface area contributed by atoms with E-state index in [0.29, 0.717) is 23.1 Å². The van der Waals surface area contributed by atoms with Gasteiger partial charge >= 0.3 is 0 Å². The first-order chi connectivity index (χ1) is 12.5. The number of halogens is 2. The molecule has 0 aliphatic carbocycles. The average molecular weight is 375 g/mol. The van der Waals surface area contributed by atoms with Crippen molar-refractivity contribution in [3.8, 4) is 11.4 Å². The molecule has 0 bridgehead atoms. The summed E-state index contributed by atoms with van der Waals surface area (Å²) in [5.41, 5.74) is 1.28. The maximum atomic E-state index is 13.3. The van der Waals surface area contributed by atoms with Gasteiger partial charge in [0.1, 0.15) is 11.6 Å². The van der Waals surface area contributed by atoms with Crippen LogP contribution in [0.3, 0.4) is 0 Å². The number of thioether (sulfide) groups is 1. The highest BCUT2D eigenvalue weighted by Gasteiger charge is 2.14. The molecule has 26 heavy (non-hydrogen) atoms. The zero-order valence-electron chi connectivity index (χ0n) is 13.5. The van der Waals surface area contributed by atoms with E-state index in [2.05, 4.69) is 15.5 Å². The van der Waals surface area contributed by atoms with Crippen molar-refractivity contribution in [2.24, 2.45) is 0 Å². The van der Waals surface area contributed by atoms with Crippen LogP contribution < -0.4 is 11.2 Å². The van der Waals surface area contributed by atoms with Crippen LogP contribution in [0.2, 0.25) is 0 Å². The van der Waals surface area contributed by atoms with Gasteiger partial charge in [0.15, 0.2) is 5.82 Å². The number of nitrogens with zero attached hydrogens (tertiary/aromatic N) is 3. The molecule has 0 atom stereocenters. The van der Waals surface area contributed by atoms with Crippen LogP contribution in [0.15, 0.2) is 53.7 Å². The Labute approximate surface area is 152 Å². The Kier molecular flexibility index (Phi) is 5.47. The molecule has 9 heteroatoms. The van der Waals surface area contributed by atoms with Crippen LogP contribution in [0.4, 0.5) is 8.78 Å². The maximum Gasteiger partial charge on any atom is 0.230 e. The Hall–Kier alpha value is -2.94. The fourth-order valence-electron chi connectivity index (χ4n) is 2.18. The molecule has 0 aliphatic rings. The number of benzene rings is 2. The molecule has 134 valence electrons. The zero-order chi connectivity index (χ0) is 18.5. The normalized spacial score (nSPS) is 10.7. The first-order valence-corrected chi connectivity index (χ1v) is 8.62. The maximum absolute atomic E-state index is 13.3.